The SMILES string of the molecule is CC(=O)N(CC(=O)Nc1cc(Cl)cc(Cl)c1)c1cc(Cl)ccc1C. The number of anilines is 2. The number of aryl methyl sites for hydroxylation is 1. The van der Waals surface area contributed by atoms with E-state index < -0.39 is 0 Å². The van der Waals surface area contributed by atoms with E-state index in [0.717, 1.165) is 5.56 Å². The number of hydrogen-bond acceptors (Lipinski definition) is 2. The molecule has 4 nitrogen and oxygen atoms in total. The Morgan fingerprint density at radius 3 is 2.21 bits per heavy atom. The van der Waals surface area contributed by atoms with Crippen molar-refractivity contribution >= 4 is 58.0 Å². The predicted octanol–water partition coefficient (Wildman–Crippen LogP) is 4.95. The van der Waals surface area contributed by atoms with Gasteiger partial charge in [0, 0.05) is 33.4 Å². The van der Waals surface area contributed by atoms with Crippen LogP contribution in [0.2, 0.25) is 15.1 Å². The molecule has 24 heavy (non-hydrogen) atoms. The molecule has 0 radical (unpaired) electrons. The van der Waals surface area contributed by atoms with E-state index in [1.807, 2.05) is 6.92 Å². The Bertz CT molecular complexity index is 773. The van der Waals surface area contributed by atoms with Gasteiger partial charge in [0.2, 0.25) is 11.8 Å². The van der Waals surface area contributed by atoms with Gasteiger partial charge in [-0.05, 0) is 42.8 Å². The highest BCUT2D eigenvalue weighted by atomic mass is 35.5. The first-order valence-corrected chi connectivity index (χ1v) is 8.20. The lowest BCUT2D eigenvalue weighted by Crippen LogP contribution is -2.37. The summed E-state index contributed by atoms with van der Waals surface area (Å²) >= 11 is 17.8. The lowest BCUT2D eigenvalue weighted by atomic mass is 10.1. The first kappa shape index (κ1) is 18.6. The average Bonchev–Trinajstić information content (AvgIpc) is 2.46. The molecule has 0 fully saturated rings. The molecule has 0 bridgehead atoms. The zero-order valence-electron chi connectivity index (χ0n) is 13.1. The maximum absolute atomic E-state index is 12.3. The van der Waals surface area contributed by atoms with Gasteiger partial charge in [0.05, 0.1) is 0 Å². The summed E-state index contributed by atoms with van der Waals surface area (Å²) in [6, 6.07) is 9.90. The number of halogens is 3. The molecule has 0 atom stereocenters. The van der Waals surface area contributed by atoms with Crippen molar-refractivity contribution in [1.82, 2.24) is 0 Å². The second-order valence-electron chi connectivity index (χ2n) is 5.24. The van der Waals surface area contributed by atoms with Gasteiger partial charge in [-0.3, -0.25) is 9.59 Å². The minimum absolute atomic E-state index is 0.152. The molecule has 2 aromatic carbocycles. The number of carbonyl (C=O) groups is 2. The second kappa shape index (κ2) is 7.88. The van der Waals surface area contributed by atoms with Gasteiger partial charge in [0.1, 0.15) is 6.54 Å². The fourth-order valence-corrected chi connectivity index (χ4v) is 2.90. The maximum atomic E-state index is 12.3. The van der Waals surface area contributed by atoms with E-state index in [1.54, 1.807) is 36.4 Å². The Kier molecular flexibility index (Phi) is 6.10. The first-order chi connectivity index (χ1) is 11.3. The van der Waals surface area contributed by atoms with Gasteiger partial charge >= 0.3 is 0 Å². The number of carbonyl (C=O) groups excluding carboxylic acids is 2. The van der Waals surface area contributed by atoms with Gasteiger partial charge in [0.15, 0.2) is 0 Å². The van der Waals surface area contributed by atoms with Crippen molar-refractivity contribution < 1.29 is 9.59 Å². The van der Waals surface area contributed by atoms with Crippen molar-refractivity contribution in [2.75, 3.05) is 16.8 Å². The molecule has 0 aromatic heterocycles. The number of hydrogen-bond donors (Lipinski definition) is 1. The van der Waals surface area contributed by atoms with E-state index in [4.69, 9.17) is 34.8 Å². The van der Waals surface area contributed by atoms with E-state index in [-0.39, 0.29) is 18.4 Å². The van der Waals surface area contributed by atoms with Gasteiger partial charge in [0.25, 0.3) is 0 Å². The van der Waals surface area contributed by atoms with Crippen LogP contribution in [0.5, 0.6) is 0 Å². The van der Waals surface area contributed by atoms with Crippen LogP contribution in [-0.4, -0.2) is 18.4 Å². The van der Waals surface area contributed by atoms with Crippen molar-refractivity contribution in [3.05, 3.63) is 57.0 Å². The summed E-state index contributed by atoms with van der Waals surface area (Å²) in [5.74, 6) is -0.637. The highest BCUT2D eigenvalue weighted by molar-refractivity contribution is 6.35. The molecule has 2 aromatic rings. The molecule has 0 aliphatic heterocycles. The summed E-state index contributed by atoms with van der Waals surface area (Å²) in [6.45, 7) is 3.08. The standard InChI is InChI=1S/C17H15Cl3N2O2/c1-10-3-4-12(18)8-16(10)22(11(2)23)9-17(24)21-15-6-13(19)5-14(20)7-15/h3-8H,9H2,1-2H3,(H,21,24). The Balaban J connectivity index is 2.20. The van der Waals surface area contributed by atoms with Crippen LogP contribution in [0.4, 0.5) is 11.4 Å². The predicted molar refractivity (Wildman–Crippen MR) is 99.3 cm³/mol. The smallest absolute Gasteiger partial charge is 0.244 e. The van der Waals surface area contributed by atoms with Crippen LogP contribution in [0.3, 0.4) is 0 Å². The molecule has 2 rings (SSSR count). The molecule has 0 spiro atoms. The van der Waals surface area contributed by atoms with E-state index >= 15 is 0 Å². The van der Waals surface area contributed by atoms with Crippen LogP contribution < -0.4 is 10.2 Å². The molecule has 0 heterocycles. The van der Waals surface area contributed by atoms with Crippen molar-refractivity contribution in [2.45, 2.75) is 13.8 Å². The third kappa shape index (κ3) is 4.87. The van der Waals surface area contributed by atoms with Gasteiger partial charge in [-0.25, -0.2) is 0 Å². The molecule has 0 unspecified atom stereocenters. The zero-order chi connectivity index (χ0) is 17.9. The first-order valence-electron chi connectivity index (χ1n) is 7.06. The fraction of sp³-hybridized carbons (Fsp3) is 0.176. The molecule has 1 N–H and O–H groups in total. The number of amides is 2. The van der Waals surface area contributed by atoms with Crippen LogP contribution in [-0.2, 0) is 9.59 Å². The maximum Gasteiger partial charge on any atom is 0.244 e. The third-order valence-corrected chi connectivity index (χ3v) is 3.96. The molecule has 126 valence electrons. The highest BCUT2D eigenvalue weighted by Crippen LogP contribution is 2.25. The van der Waals surface area contributed by atoms with Crippen LogP contribution in [0, 0.1) is 6.92 Å². The molecular formula is C17H15Cl3N2O2. The van der Waals surface area contributed by atoms with Crippen molar-refractivity contribution in [2.24, 2.45) is 0 Å². The number of nitrogens with zero attached hydrogens (tertiary/aromatic N) is 1. The van der Waals surface area contributed by atoms with Crippen molar-refractivity contribution in [1.29, 1.82) is 0 Å². The number of nitrogens with one attached hydrogen (secondary N) is 1. The highest BCUT2D eigenvalue weighted by Gasteiger charge is 2.18. The number of benzene rings is 2. The van der Waals surface area contributed by atoms with Gasteiger partial charge < -0.3 is 10.2 Å². The fourth-order valence-electron chi connectivity index (χ4n) is 2.21. The van der Waals surface area contributed by atoms with E-state index in [1.165, 1.54) is 11.8 Å². The molecule has 2 amide bonds. The van der Waals surface area contributed by atoms with Crippen molar-refractivity contribution in [3.63, 3.8) is 0 Å². The topological polar surface area (TPSA) is 49.4 Å². The van der Waals surface area contributed by atoms with Crippen LogP contribution in [0.25, 0.3) is 0 Å². The lowest BCUT2D eigenvalue weighted by Gasteiger charge is -2.23. The number of rotatable bonds is 4. The van der Waals surface area contributed by atoms with E-state index in [2.05, 4.69) is 5.32 Å². The minimum Gasteiger partial charge on any atom is -0.324 e. The summed E-state index contributed by atoms with van der Waals surface area (Å²) < 4.78 is 0. The molecular weight excluding hydrogens is 371 g/mol. The second-order valence-corrected chi connectivity index (χ2v) is 6.55. The summed E-state index contributed by atoms with van der Waals surface area (Å²) in [5, 5.41) is 3.99. The summed E-state index contributed by atoms with van der Waals surface area (Å²) in [6.07, 6.45) is 0. The quantitative estimate of drug-likeness (QED) is 0.810. The van der Waals surface area contributed by atoms with Crippen LogP contribution in [0.15, 0.2) is 36.4 Å². The summed E-state index contributed by atoms with van der Waals surface area (Å²) in [5.41, 5.74) is 1.89. The monoisotopic (exact) mass is 384 g/mol. The summed E-state index contributed by atoms with van der Waals surface area (Å²) in [7, 11) is 0. The molecule has 7 heteroatoms. The molecule has 0 saturated carbocycles. The van der Waals surface area contributed by atoms with Crippen LogP contribution in [0.1, 0.15) is 12.5 Å². The van der Waals surface area contributed by atoms with Gasteiger partial charge in [-0.2, -0.15) is 0 Å². The lowest BCUT2D eigenvalue weighted by molar-refractivity contribution is -0.120. The molecule has 0 aliphatic carbocycles. The van der Waals surface area contributed by atoms with E-state index in [0.29, 0.717) is 26.4 Å². The van der Waals surface area contributed by atoms with E-state index in [9.17, 15) is 9.59 Å². The largest absolute Gasteiger partial charge is 0.324 e. The Morgan fingerprint density at radius 1 is 1.00 bits per heavy atom. The average molecular weight is 386 g/mol. The van der Waals surface area contributed by atoms with Gasteiger partial charge in [-0.1, -0.05) is 40.9 Å². The normalized spacial score (nSPS) is 10.4. The van der Waals surface area contributed by atoms with Crippen LogP contribution >= 0.6 is 34.8 Å². The van der Waals surface area contributed by atoms with Gasteiger partial charge in [-0.15, -0.1) is 0 Å². The minimum atomic E-state index is -0.372. The zero-order valence-corrected chi connectivity index (χ0v) is 15.3. The van der Waals surface area contributed by atoms with Crippen molar-refractivity contribution in [3.8, 4) is 0 Å². The summed E-state index contributed by atoms with van der Waals surface area (Å²) in [4.78, 5) is 25.6. The molecule has 0 aliphatic rings. The Labute approximate surface area is 155 Å². The third-order valence-electron chi connectivity index (χ3n) is 3.29. The molecule has 0 saturated heterocycles. The Hall–Kier alpha value is -1.75. The Morgan fingerprint density at radius 2 is 1.62 bits per heavy atom.